The van der Waals surface area contributed by atoms with Gasteiger partial charge < -0.3 is 14.8 Å². The molecule has 2 aromatic carbocycles. The second-order valence-electron chi connectivity index (χ2n) is 6.71. The molecule has 150 valence electrons. The molecule has 0 spiro atoms. The van der Waals surface area contributed by atoms with Crippen molar-refractivity contribution < 1.29 is 22.7 Å². The number of anilines is 1. The fourth-order valence-corrected chi connectivity index (χ4v) is 3.90. The van der Waals surface area contributed by atoms with Crippen molar-refractivity contribution in [1.82, 2.24) is 5.32 Å². The number of ether oxygens (including phenoxy) is 2. The predicted octanol–water partition coefficient (Wildman–Crippen LogP) is 2.03. The van der Waals surface area contributed by atoms with Crippen LogP contribution in [0.25, 0.3) is 0 Å². The average molecular weight is 404 g/mol. The molecule has 28 heavy (non-hydrogen) atoms. The molecule has 0 bridgehead atoms. The highest BCUT2D eigenvalue weighted by molar-refractivity contribution is 7.92. The smallest absolute Gasteiger partial charge is 0.263 e. The normalized spacial score (nSPS) is 16.1. The summed E-state index contributed by atoms with van der Waals surface area (Å²) in [5, 5.41) is 2.75. The summed E-state index contributed by atoms with van der Waals surface area (Å²) in [6, 6.07) is 12.6. The molecule has 1 N–H and O–H groups in total. The number of hydrogen-bond donors (Lipinski definition) is 1. The highest BCUT2D eigenvalue weighted by Crippen LogP contribution is 2.34. The van der Waals surface area contributed by atoms with Crippen molar-refractivity contribution in [2.45, 2.75) is 20.0 Å². The molecule has 3 rings (SSSR count). The fourth-order valence-electron chi connectivity index (χ4n) is 2.98. The van der Waals surface area contributed by atoms with Gasteiger partial charge in [-0.25, -0.2) is 8.42 Å². The van der Waals surface area contributed by atoms with Gasteiger partial charge in [0.05, 0.1) is 25.0 Å². The molecule has 0 radical (unpaired) electrons. The number of nitrogens with zero attached hydrogens (tertiary/aromatic N) is 1. The molecule has 0 unspecified atom stereocenters. The van der Waals surface area contributed by atoms with Gasteiger partial charge >= 0.3 is 0 Å². The van der Waals surface area contributed by atoms with Crippen LogP contribution < -0.4 is 19.1 Å². The van der Waals surface area contributed by atoms with E-state index in [2.05, 4.69) is 5.32 Å². The van der Waals surface area contributed by atoms with E-state index >= 15 is 0 Å². The third kappa shape index (κ3) is 4.39. The molecule has 2 aromatic rings. The van der Waals surface area contributed by atoms with Crippen molar-refractivity contribution in [1.29, 1.82) is 0 Å². The Morgan fingerprint density at radius 2 is 1.96 bits per heavy atom. The third-order valence-electron chi connectivity index (χ3n) is 4.64. The van der Waals surface area contributed by atoms with Crippen molar-refractivity contribution >= 4 is 21.6 Å². The first-order chi connectivity index (χ1) is 13.3. The van der Waals surface area contributed by atoms with E-state index in [4.69, 9.17) is 9.47 Å². The van der Waals surface area contributed by atoms with Gasteiger partial charge in [-0.3, -0.25) is 9.10 Å². The van der Waals surface area contributed by atoms with Gasteiger partial charge in [-0.1, -0.05) is 24.3 Å². The number of hydrogen-bond acceptors (Lipinski definition) is 5. The van der Waals surface area contributed by atoms with Crippen LogP contribution in [0.5, 0.6) is 11.5 Å². The highest BCUT2D eigenvalue weighted by Gasteiger charge is 2.34. The number of amides is 1. The maximum atomic E-state index is 12.5. The summed E-state index contributed by atoms with van der Waals surface area (Å²) < 4.78 is 36.9. The Morgan fingerprint density at radius 3 is 2.71 bits per heavy atom. The van der Waals surface area contributed by atoms with Crippen LogP contribution in [0, 0.1) is 13.8 Å². The van der Waals surface area contributed by atoms with Gasteiger partial charge in [0.25, 0.3) is 5.91 Å². The Hall–Kier alpha value is -2.74. The van der Waals surface area contributed by atoms with Crippen LogP contribution in [0.4, 0.5) is 5.69 Å². The standard InChI is InChI=1S/C20H24N2O5S/c1-14-7-6-10-17(15(14)2)26-12-11-21-20(23)19-13-22(28(3,24)25)16-8-4-5-9-18(16)27-19/h4-10,19H,11-13H2,1-3H3,(H,21,23)/t19-/m0/s1. The van der Waals surface area contributed by atoms with E-state index in [1.165, 1.54) is 4.31 Å². The molecule has 1 amide bonds. The minimum absolute atomic E-state index is 0.0699. The Bertz CT molecular complexity index is 974. The molecule has 0 aliphatic carbocycles. The van der Waals surface area contributed by atoms with Crippen LogP contribution in [-0.4, -0.2) is 46.4 Å². The van der Waals surface area contributed by atoms with Crippen LogP contribution >= 0.6 is 0 Å². The summed E-state index contributed by atoms with van der Waals surface area (Å²) in [5.74, 6) is 0.763. The largest absolute Gasteiger partial charge is 0.491 e. The van der Waals surface area contributed by atoms with E-state index in [9.17, 15) is 13.2 Å². The molecule has 1 atom stereocenters. The second kappa shape index (κ2) is 8.10. The second-order valence-corrected chi connectivity index (χ2v) is 8.61. The Labute approximate surface area is 165 Å². The van der Waals surface area contributed by atoms with Gasteiger partial charge in [0, 0.05) is 0 Å². The summed E-state index contributed by atoms with van der Waals surface area (Å²) in [6.45, 7) is 4.51. The number of carbonyl (C=O) groups excluding carboxylic acids is 1. The van der Waals surface area contributed by atoms with Crippen LogP contribution in [-0.2, 0) is 14.8 Å². The van der Waals surface area contributed by atoms with E-state index in [0.29, 0.717) is 18.0 Å². The molecule has 1 aliphatic heterocycles. The van der Waals surface area contributed by atoms with Crippen LogP contribution in [0.15, 0.2) is 42.5 Å². The zero-order chi connectivity index (χ0) is 20.3. The summed E-state index contributed by atoms with van der Waals surface area (Å²) >= 11 is 0. The van der Waals surface area contributed by atoms with Gasteiger partial charge in [0.15, 0.2) is 6.10 Å². The summed E-state index contributed by atoms with van der Waals surface area (Å²) in [5.41, 5.74) is 2.63. The molecule has 0 fully saturated rings. The topological polar surface area (TPSA) is 84.9 Å². The van der Waals surface area contributed by atoms with Crippen molar-refractivity contribution in [3.8, 4) is 11.5 Å². The van der Waals surface area contributed by atoms with Gasteiger partial charge in [-0.05, 0) is 43.2 Å². The number of aryl methyl sites for hydroxylation is 1. The number of rotatable bonds is 6. The summed E-state index contributed by atoms with van der Waals surface area (Å²) in [7, 11) is -3.53. The predicted molar refractivity (Wildman–Crippen MR) is 107 cm³/mol. The molecule has 1 aliphatic rings. The molecule has 0 aromatic heterocycles. The minimum Gasteiger partial charge on any atom is -0.491 e. The lowest BCUT2D eigenvalue weighted by Crippen LogP contribution is -2.51. The van der Waals surface area contributed by atoms with Gasteiger partial charge in [-0.2, -0.15) is 0 Å². The maximum absolute atomic E-state index is 12.5. The Balaban J connectivity index is 1.60. The highest BCUT2D eigenvalue weighted by atomic mass is 32.2. The number of nitrogens with one attached hydrogen (secondary N) is 1. The lowest BCUT2D eigenvalue weighted by atomic mass is 10.1. The van der Waals surface area contributed by atoms with Crippen molar-refractivity contribution in [2.24, 2.45) is 0 Å². The zero-order valence-corrected chi connectivity index (χ0v) is 17.0. The third-order valence-corrected chi connectivity index (χ3v) is 5.79. The average Bonchev–Trinajstić information content (AvgIpc) is 2.66. The lowest BCUT2D eigenvalue weighted by Gasteiger charge is -2.33. The van der Waals surface area contributed by atoms with E-state index in [-0.39, 0.29) is 19.0 Å². The monoisotopic (exact) mass is 404 g/mol. The molecule has 0 saturated carbocycles. The zero-order valence-electron chi connectivity index (χ0n) is 16.1. The van der Waals surface area contributed by atoms with E-state index in [0.717, 1.165) is 23.1 Å². The van der Waals surface area contributed by atoms with Gasteiger partial charge in [0.1, 0.15) is 18.1 Å². The molecular formula is C20H24N2O5S. The summed E-state index contributed by atoms with van der Waals surface area (Å²) in [6.07, 6.45) is 0.188. The number of fused-ring (bicyclic) bond motifs is 1. The quantitative estimate of drug-likeness (QED) is 0.745. The SMILES string of the molecule is Cc1cccc(OCCNC(=O)[C@@H]2CN(S(C)(=O)=O)c3ccccc3O2)c1C. The minimum atomic E-state index is -3.53. The Morgan fingerprint density at radius 1 is 1.21 bits per heavy atom. The van der Waals surface area contributed by atoms with E-state index < -0.39 is 16.1 Å². The van der Waals surface area contributed by atoms with Crippen LogP contribution in [0.3, 0.4) is 0 Å². The molecule has 8 heteroatoms. The number of carbonyl (C=O) groups is 1. The molecule has 1 heterocycles. The van der Waals surface area contributed by atoms with Crippen molar-refractivity contribution in [3.05, 3.63) is 53.6 Å². The molecule has 7 nitrogen and oxygen atoms in total. The molecular weight excluding hydrogens is 380 g/mol. The van der Waals surface area contributed by atoms with Gasteiger partial charge in [-0.15, -0.1) is 0 Å². The number of benzene rings is 2. The van der Waals surface area contributed by atoms with Gasteiger partial charge in [0.2, 0.25) is 10.0 Å². The lowest BCUT2D eigenvalue weighted by molar-refractivity contribution is -0.127. The first-order valence-electron chi connectivity index (χ1n) is 8.97. The first-order valence-corrected chi connectivity index (χ1v) is 10.8. The first kappa shape index (κ1) is 20.0. The van der Waals surface area contributed by atoms with E-state index in [1.54, 1.807) is 24.3 Å². The van der Waals surface area contributed by atoms with Crippen molar-refractivity contribution in [2.75, 3.05) is 30.3 Å². The fraction of sp³-hybridized carbons (Fsp3) is 0.350. The van der Waals surface area contributed by atoms with E-state index in [1.807, 2.05) is 32.0 Å². The maximum Gasteiger partial charge on any atom is 0.263 e. The number of sulfonamides is 1. The van der Waals surface area contributed by atoms with Crippen LogP contribution in [0.1, 0.15) is 11.1 Å². The number of para-hydroxylation sites is 2. The van der Waals surface area contributed by atoms with Crippen LogP contribution in [0.2, 0.25) is 0 Å². The Kier molecular flexibility index (Phi) is 5.79. The van der Waals surface area contributed by atoms with Crippen molar-refractivity contribution in [3.63, 3.8) is 0 Å². The summed E-state index contributed by atoms with van der Waals surface area (Å²) in [4.78, 5) is 12.5. The molecule has 0 saturated heterocycles.